The third kappa shape index (κ3) is 3.23. The van der Waals surface area contributed by atoms with E-state index in [1.807, 2.05) is 25.3 Å². The number of aromatic nitrogens is 3. The highest BCUT2D eigenvalue weighted by Crippen LogP contribution is 2.34. The van der Waals surface area contributed by atoms with Crippen molar-refractivity contribution in [1.82, 2.24) is 20.0 Å². The predicted molar refractivity (Wildman–Crippen MR) is 104 cm³/mol. The molecule has 2 aromatic heterocycles. The molecule has 7 heteroatoms. The SMILES string of the molecule is COc1cccc2c(N3CCN(C(C)c4nc(C)no4)CC3)c(C)cnc12. The molecule has 3 heterocycles. The third-order valence-electron chi connectivity index (χ3n) is 5.31. The van der Waals surface area contributed by atoms with Crippen molar-refractivity contribution in [3.63, 3.8) is 0 Å². The van der Waals surface area contributed by atoms with Crippen LogP contribution in [0, 0.1) is 13.8 Å². The lowest BCUT2D eigenvalue weighted by Gasteiger charge is -2.39. The van der Waals surface area contributed by atoms with Crippen LogP contribution in [0.25, 0.3) is 10.9 Å². The second kappa shape index (κ2) is 7.15. The van der Waals surface area contributed by atoms with Crippen LogP contribution in [0.4, 0.5) is 5.69 Å². The molecule has 1 aliphatic heterocycles. The van der Waals surface area contributed by atoms with E-state index >= 15 is 0 Å². The zero-order valence-corrected chi connectivity index (χ0v) is 16.3. The number of methoxy groups -OCH3 is 1. The highest BCUT2D eigenvalue weighted by Gasteiger charge is 2.27. The lowest BCUT2D eigenvalue weighted by atomic mass is 10.1. The van der Waals surface area contributed by atoms with Gasteiger partial charge in [0, 0.05) is 37.8 Å². The van der Waals surface area contributed by atoms with Crippen LogP contribution in [0.5, 0.6) is 5.75 Å². The van der Waals surface area contributed by atoms with E-state index in [1.165, 1.54) is 11.3 Å². The summed E-state index contributed by atoms with van der Waals surface area (Å²) in [4.78, 5) is 13.8. The summed E-state index contributed by atoms with van der Waals surface area (Å²) in [6.07, 6.45) is 1.94. The first-order chi connectivity index (χ1) is 13.1. The van der Waals surface area contributed by atoms with Crippen LogP contribution in [-0.2, 0) is 0 Å². The van der Waals surface area contributed by atoms with Gasteiger partial charge in [0.05, 0.1) is 18.8 Å². The average molecular weight is 367 g/mol. The first-order valence-corrected chi connectivity index (χ1v) is 9.30. The van der Waals surface area contributed by atoms with Crippen LogP contribution in [0.3, 0.4) is 0 Å². The van der Waals surface area contributed by atoms with Gasteiger partial charge in [0.25, 0.3) is 0 Å². The highest BCUT2D eigenvalue weighted by atomic mass is 16.5. The van der Waals surface area contributed by atoms with Gasteiger partial charge in [-0.15, -0.1) is 0 Å². The molecular formula is C20H25N5O2. The van der Waals surface area contributed by atoms with E-state index < -0.39 is 0 Å². The number of fused-ring (bicyclic) bond motifs is 1. The van der Waals surface area contributed by atoms with Crippen LogP contribution in [0.2, 0.25) is 0 Å². The van der Waals surface area contributed by atoms with Crippen molar-refractivity contribution in [3.8, 4) is 5.75 Å². The Balaban J connectivity index is 1.57. The Morgan fingerprint density at radius 3 is 2.59 bits per heavy atom. The van der Waals surface area contributed by atoms with Gasteiger partial charge < -0.3 is 14.2 Å². The molecule has 0 N–H and O–H groups in total. The van der Waals surface area contributed by atoms with Crippen LogP contribution in [-0.4, -0.2) is 53.3 Å². The van der Waals surface area contributed by atoms with Crippen molar-refractivity contribution < 1.29 is 9.26 Å². The fourth-order valence-corrected chi connectivity index (χ4v) is 3.84. The van der Waals surface area contributed by atoms with Crippen molar-refractivity contribution in [2.75, 3.05) is 38.2 Å². The first kappa shape index (κ1) is 17.7. The molecule has 1 aliphatic rings. The number of hydrogen-bond acceptors (Lipinski definition) is 7. The van der Waals surface area contributed by atoms with Gasteiger partial charge >= 0.3 is 0 Å². The van der Waals surface area contributed by atoms with Crippen LogP contribution >= 0.6 is 0 Å². The number of piperazine rings is 1. The summed E-state index contributed by atoms with van der Waals surface area (Å²) < 4.78 is 10.9. The predicted octanol–water partition coefficient (Wildman–Crippen LogP) is 3.13. The number of hydrogen-bond donors (Lipinski definition) is 0. The van der Waals surface area contributed by atoms with Crippen molar-refractivity contribution in [2.45, 2.75) is 26.8 Å². The maximum atomic E-state index is 5.50. The summed E-state index contributed by atoms with van der Waals surface area (Å²) in [5, 5.41) is 5.06. The number of rotatable bonds is 4. The number of nitrogens with zero attached hydrogens (tertiary/aromatic N) is 5. The zero-order valence-electron chi connectivity index (χ0n) is 16.3. The number of para-hydroxylation sites is 1. The average Bonchev–Trinajstić information content (AvgIpc) is 3.13. The van der Waals surface area contributed by atoms with Gasteiger partial charge in [-0.25, -0.2) is 0 Å². The second-order valence-corrected chi connectivity index (χ2v) is 7.03. The monoisotopic (exact) mass is 367 g/mol. The molecule has 3 aromatic rings. The fraction of sp³-hybridized carbons (Fsp3) is 0.450. The fourth-order valence-electron chi connectivity index (χ4n) is 3.84. The number of anilines is 1. The largest absolute Gasteiger partial charge is 0.494 e. The Labute approximate surface area is 158 Å². The van der Waals surface area contributed by atoms with Gasteiger partial charge in [-0.2, -0.15) is 4.98 Å². The van der Waals surface area contributed by atoms with Crippen LogP contribution in [0.15, 0.2) is 28.9 Å². The molecule has 1 atom stereocenters. The summed E-state index contributed by atoms with van der Waals surface area (Å²) in [6, 6.07) is 6.25. The van der Waals surface area contributed by atoms with E-state index in [0.29, 0.717) is 11.7 Å². The molecule has 1 aromatic carbocycles. The Morgan fingerprint density at radius 1 is 1.15 bits per heavy atom. The number of ether oxygens (including phenoxy) is 1. The molecular weight excluding hydrogens is 342 g/mol. The molecule has 0 spiro atoms. The summed E-state index contributed by atoms with van der Waals surface area (Å²) in [6.45, 7) is 9.86. The molecule has 0 radical (unpaired) electrons. The van der Waals surface area contributed by atoms with E-state index in [-0.39, 0.29) is 6.04 Å². The standard InChI is InChI=1S/C20H25N5O2/c1-13-12-21-18-16(6-5-7-17(18)26-4)19(13)25-10-8-24(9-11-25)14(2)20-22-15(3)23-27-20/h5-7,12,14H,8-11H2,1-4H3. The van der Waals surface area contributed by atoms with Crippen LogP contribution in [0.1, 0.15) is 30.2 Å². The molecule has 0 aliphatic carbocycles. The molecule has 1 fully saturated rings. The first-order valence-electron chi connectivity index (χ1n) is 9.30. The van der Waals surface area contributed by atoms with E-state index in [1.54, 1.807) is 7.11 Å². The van der Waals surface area contributed by atoms with Gasteiger partial charge in [0.1, 0.15) is 11.3 Å². The van der Waals surface area contributed by atoms with E-state index in [0.717, 1.165) is 42.8 Å². The van der Waals surface area contributed by atoms with Gasteiger partial charge in [-0.05, 0) is 32.4 Å². The lowest BCUT2D eigenvalue weighted by molar-refractivity contribution is 0.164. The summed E-state index contributed by atoms with van der Waals surface area (Å²) in [7, 11) is 1.69. The van der Waals surface area contributed by atoms with Crippen molar-refractivity contribution in [2.24, 2.45) is 0 Å². The number of pyridine rings is 1. The quantitative estimate of drug-likeness (QED) is 0.702. The molecule has 0 saturated carbocycles. The van der Waals surface area contributed by atoms with E-state index in [2.05, 4.69) is 44.8 Å². The Hall–Kier alpha value is -2.67. The molecule has 0 bridgehead atoms. The Morgan fingerprint density at radius 2 is 1.93 bits per heavy atom. The zero-order chi connectivity index (χ0) is 19.0. The molecule has 4 rings (SSSR count). The van der Waals surface area contributed by atoms with E-state index in [9.17, 15) is 0 Å². The number of benzene rings is 1. The highest BCUT2D eigenvalue weighted by molar-refractivity contribution is 5.96. The Bertz CT molecular complexity index is 947. The van der Waals surface area contributed by atoms with Gasteiger partial charge in [-0.1, -0.05) is 17.3 Å². The molecule has 27 heavy (non-hydrogen) atoms. The van der Waals surface area contributed by atoms with Gasteiger partial charge in [0.2, 0.25) is 5.89 Å². The minimum absolute atomic E-state index is 0.128. The number of aryl methyl sites for hydroxylation is 2. The molecule has 1 unspecified atom stereocenters. The summed E-state index contributed by atoms with van der Waals surface area (Å²) >= 11 is 0. The van der Waals surface area contributed by atoms with Crippen molar-refractivity contribution in [3.05, 3.63) is 41.7 Å². The molecule has 0 amide bonds. The van der Waals surface area contributed by atoms with E-state index in [4.69, 9.17) is 9.26 Å². The lowest BCUT2D eigenvalue weighted by Crippen LogP contribution is -2.47. The second-order valence-electron chi connectivity index (χ2n) is 7.03. The van der Waals surface area contributed by atoms with Crippen molar-refractivity contribution >= 4 is 16.6 Å². The summed E-state index contributed by atoms with van der Waals surface area (Å²) in [5.74, 6) is 2.19. The maximum Gasteiger partial charge on any atom is 0.243 e. The maximum absolute atomic E-state index is 5.50. The minimum atomic E-state index is 0.128. The Kier molecular flexibility index (Phi) is 4.70. The molecule has 7 nitrogen and oxygen atoms in total. The van der Waals surface area contributed by atoms with Gasteiger partial charge in [-0.3, -0.25) is 9.88 Å². The van der Waals surface area contributed by atoms with Gasteiger partial charge in [0.15, 0.2) is 5.82 Å². The summed E-state index contributed by atoms with van der Waals surface area (Å²) in [5.41, 5.74) is 3.35. The molecule has 142 valence electrons. The molecule has 1 saturated heterocycles. The smallest absolute Gasteiger partial charge is 0.243 e. The normalized spacial score (nSPS) is 16.7. The van der Waals surface area contributed by atoms with Crippen LogP contribution < -0.4 is 9.64 Å². The third-order valence-corrected chi connectivity index (χ3v) is 5.31. The topological polar surface area (TPSA) is 67.5 Å². The minimum Gasteiger partial charge on any atom is -0.494 e. The van der Waals surface area contributed by atoms with Crippen molar-refractivity contribution in [1.29, 1.82) is 0 Å².